The van der Waals surface area contributed by atoms with E-state index in [1.807, 2.05) is 60.7 Å². The van der Waals surface area contributed by atoms with Gasteiger partial charge in [-0.3, -0.25) is 30.2 Å². The predicted octanol–water partition coefficient (Wildman–Crippen LogP) is 7.11. The van der Waals surface area contributed by atoms with E-state index in [1.54, 1.807) is 97.3 Å². The van der Waals surface area contributed by atoms with Crippen molar-refractivity contribution in [1.82, 2.24) is 20.6 Å². The number of hydrogen-bond donors (Lipinski definition) is 5. The Hall–Kier alpha value is -7.38. The van der Waals surface area contributed by atoms with Gasteiger partial charge < -0.3 is 25.2 Å². The number of rotatable bonds is 17. The lowest BCUT2D eigenvalue weighted by molar-refractivity contribution is 0.0756. The van der Waals surface area contributed by atoms with Crippen LogP contribution >= 0.6 is 0 Å². The number of hydrogen-bond acceptors (Lipinski definition) is 9. The van der Waals surface area contributed by atoms with Crippen LogP contribution in [0.5, 0.6) is 0 Å². The summed E-state index contributed by atoms with van der Waals surface area (Å²) in [6.45, 7) is -0.117. The summed E-state index contributed by atoms with van der Waals surface area (Å²) in [5, 5.41) is 23.3. The van der Waals surface area contributed by atoms with Gasteiger partial charge in [-0.2, -0.15) is 0 Å². The maximum Gasteiger partial charge on any atom is 0.412 e. The molecule has 0 unspecified atom stereocenters. The van der Waals surface area contributed by atoms with Gasteiger partial charge in [-0.25, -0.2) is 9.59 Å². The van der Waals surface area contributed by atoms with Gasteiger partial charge in [0, 0.05) is 18.4 Å². The average molecular weight is 793 g/mol. The van der Waals surface area contributed by atoms with E-state index in [0.717, 1.165) is 11.1 Å². The molecule has 59 heavy (non-hydrogen) atoms. The number of amides is 4. The first-order valence-corrected chi connectivity index (χ1v) is 19.0. The van der Waals surface area contributed by atoms with E-state index in [4.69, 9.17) is 9.47 Å². The molecule has 0 radical (unpaired) electrons. The Bertz CT molecular complexity index is 2280. The number of anilines is 2. The number of carbonyl (C=O) groups excluding carboxylic acids is 4. The number of benzene rings is 4. The summed E-state index contributed by atoms with van der Waals surface area (Å²) < 4.78 is 10.7. The van der Waals surface area contributed by atoms with Crippen LogP contribution in [0.15, 0.2) is 158 Å². The summed E-state index contributed by atoms with van der Waals surface area (Å²) in [5.41, 5.74) is 3.69. The van der Waals surface area contributed by atoms with Gasteiger partial charge in [0.1, 0.15) is 13.2 Å². The fourth-order valence-electron chi connectivity index (χ4n) is 6.33. The van der Waals surface area contributed by atoms with Gasteiger partial charge in [0.25, 0.3) is 11.8 Å². The van der Waals surface area contributed by atoms with Crippen LogP contribution in [0.4, 0.5) is 21.0 Å². The van der Waals surface area contributed by atoms with Gasteiger partial charge in [0.05, 0.1) is 46.0 Å². The van der Waals surface area contributed by atoms with Gasteiger partial charge in [0.2, 0.25) is 0 Å². The number of aliphatic hydroxyl groups excluding tert-OH is 1. The molecule has 2 heterocycles. The number of para-hydroxylation sites is 2. The topological polar surface area (TPSA) is 181 Å². The monoisotopic (exact) mass is 792 g/mol. The maximum absolute atomic E-state index is 14.0. The second-order valence-electron chi connectivity index (χ2n) is 13.6. The lowest BCUT2D eigenvalue weighted by Gasteiger charge is -2.29. The highest BCUT2D eigenvalue weighted by atomic mass is 16.6. The predicted molar refractivity (Wildman–Crippen MR) is 222 cm³/mol. The van der Waals surface area contributed by atoms with Crippen molar-refractivity contribution in [3.63, 3.8) is 0 Å². The Balaban J connectivity index is 1.18. The summed E-state index contributed by atoms with van der Waals surface area (Å²) in [6, 6.07) is 41.0. The average Bonchev–Trinajstić information content (AvgIpc) is 3.26. The molecule has 0 aliphatic heterocycles. The smallest absolute Gasteiger partial charge is 0.412 e. The van der Waals surface area contributed by atoms with Crippen molar-refractivity contribution >= 4 is 35.4 Å². The Morgan fingerprint density at radius 2 is 0.966 bits per heavy atom. The fraction of sp³-hybridized carbons (Fsp3) is 0.174. The first-order valence-electron chi connectivity index (χ1n) is 19.0. The van der Waals surface area contributed by atoms with E-state index in [9.17, 15) is 24.3 Å². The number of ether oxygens (including phenoxy) is 2. The van der Waals surface area contributed by atoms with Gasteiger partial charge in [-0.1, -0.05) is 97.1 Å². The molecule has 0 aliphatic carbocycles. The van der Waals surface area contributed by atoms with Crippen molar-refractivity contribution in [2.45, 2.75) is 50.7 Å². The van der Waals surface area contributed by atoms with Crippen molar-refractivity contribution < 1.29 is 33.8 Å². The summed E-state index contributed by atoms with van der Waals surface area (Å²) in [7, 11) is 0. The third-order valence-corrected chi connectivity index (χ3v) is 9.24. The Kier molecular flexibility index (Phi) is 14.8. The lowest BCUT2D eigenvalue weighted by atomic mass is 9.93. The van der Waals surface area contributed by atoms with Crippen molar-refractivity contribution in [2.24, 2.45) is 0 Å². The highest BCUT2D eigenvalue weighted by Gasteiger charge is 2.28. The molecule has 6 aromatic rings. The second kappa shape index (κ2) is 21.2. The third kappa shape index (κ3) is 12.8. The zero-order valence-electron chi connectivity index (χ0n) is 32.1. The maximum atomic E-state index is 14.0. The van der Waals surface area contributed by atoms with Crippen LogP contribution in [0.2, 0.25) is 0 Å². The summed E-state index contributed by atoms with van der Waals surface area (Å²) in [4.78, 5) is 61.8. The molecule has 4 aromatic carbocycles. The van der Waals surface area contributed by atoms with Crippen LogP contribution in [0, 0.1) is 0 Å². The quantitative estimate of drug-likeness (QED) is 0.0644. The van der Waals surface area contributed by atoms with Gasteiger partial charge in [0.15, 0.2) is 0 Å². The molecule has 2 aromatic heterocycles. The molecule has 3 atom stereocenters. The van der Waals surface area contributed by atoms with E-state index in [1.165, 1.54) is 0 Å². The summed E-state index contributed by atoms with van der Waals surface area (Å²) in [5.74, 6) is -1.03. The molecule has 300 valence electrons. The Morgan fingerprint density at radius 1 is 0.525 bits per heavy atom. The molecule has 0 aliphatic rings. The normalized spacial score (nSPS) is 12.2. The van der Waals surface area contributed by atoms with E-state index in [-0.39, 0.29) is 48.6 Å². The highest BCUT2D eigenvalue weighted by molar-refractivity contribution is 6.03. The fourth-order valence-corrected chi connectivity index (χ4v) is 6.33. The lowest BCUT2D eigenvalue weighted by Crippen LogP contribution is -2.48. The van der Waals surface area contributed by atoms with Crippen LogP contribution < -0.4 is 21.3 Å². The third-order valence-electron chi connectivity index (χ3n) is 9.24. The highest BCUT2D eigenvalue weighted by Crippen LogP contribution is 2.21. The van der Waals surface area contributed by atoms with Crippen LogP contribution in [-0.2, 0) is 35.5 Å². The Labute approximate surface area is 341 Å². The van der Waals surface area contributed by atoms with Crippen molar-refractivity contribution in [3.8, 4) is 0 Å². The standard InChI is InChI=1S/C46H44N6O7/c53-42(41(28-33-17-5-2-6-18-33)50-44(55)38-22-8-10-24-40(38)52-46(57)59-31-35-20-12-14-26-48-35)29-36(27-32-15-3-1-4-16-32)49-43(54)37-21-7-9-23-39(37)51-45(56)58-30-34-19-11-13-25-47-34/h1-26,36,41-42,53H,27-31H2,(H,49,54)(H,50,55)(H,51,56)(H,52,57)/t36-,41-,42-/m0/s1. The van der Waals surface area contributed by atoms with Gasteiger partial charge in [-0.15, -0.1) is 0 Å². The first kappa shape index (κ1) is 41.3. The number of pyridine rings is 2. The number of nitrogens with zero attached hydrogens (tertiary/aromatic N) is 2. The van der Waals surface area contributed by atoms with Crippen LogP contribution in [0.25, 0.3) is 0 Å². The van der Waals surface area contributed by atoms with E-state index < -0.39 is 42.2 Å². The van der Waals surface area contributed by atoms with Crippen LogP contribution in [-0.4, -0.2) is 57.3 Å². The van der Waals surface area contributed by atoms with Crippen molar-refractivity contribution in [3.05, 3.63) is 192 Å². The molecular formula is C46H44N6O7. The number of aliphatic hydroxyl groups is 1. The minimum Gasteiger partial charge on any atom is -0.443 e. The largest absolute Gasteiger partial charge is 0.443 e. The molecule has 0 spiro atoms. The molecule has 0 saturated heterocycles. The molecule has 13 heteroatoms. The van der Waals surface area contributed by atoms with Gasteiger partial charge in [-0.05, 0) is 78.9 Å². The molecule has 6 rings (SSSR count). The van der Waals surface area contributed by atoms with E-state index in [2.05, 4.69) is 31.2 Å². The molecule has 13 nitrogen and oxygen atoms in total. The second-order valence-corrected chi connectivity index (χ2v) is 13.6. The molecule has 0 fully saturated rings. The minimum atomic E-state index is -1.16. The SMILES string of the molecule is O=C(Nc1ccccc1C(=O)N[C@@H](Cc1ccccc1)C[C@H](O)[C@H](Cc1ccccc1)NC(=O)c1ccccc1NC(=O)OCc1ccccn1)OCc1ccccn1. The summed E-state index contributed by atoms with van der Waals surface area (Å²) >= 11 is 0. The minimum absolute atomic E-state index is 0.0415. The molecular weight excluding hydrogens is 749 g/mol. The zero-order chi connectivity index (χ0) is 41.2. The molecule has 5 N–H and O–H groups in total. The number of aromatic nitrogens is 2. The van der Waals surface area contributed by atoms with Gasteiger partial charge >= 0.3 is 12.2 Å². The van der Waals surface area contributed by atoms with E-state index in [0.29, 0.717) is 17.8 Å². The molecule has 0 saturated carbocycles. The zero-order valence-corrected chi connectivity index (χ0v) is 32.1. The first-order chi connectivity index (χ1) is 28.8. The van der Waals surface area contributed by atoms with Crippen molar-refractivity contribution in [1.29, 1.82) is 0 Å². The van der Waals surface area contributed by atoms with Crippen LogP contribution in [0.1, 0.15) is 49.7 Å². The number of nitrogens with one attached hydrogen (secondary N) is 4. The summed E-state index contributed by atoms with van der Waals surface area (Å²) in [6.07, 6.45) is 1.16. The molecule has 4 amide bonds. The Morgan fingerprint density at radius 3 is 1.46 bits per heavy atom. The van der Waals surface area contributed by atoms with E-state index >= 15 is 0 Å². The van der Waals surface area contributed by atoms with Crippen LogP contribution in [0.3, 0.4) is 0 Å². The number of carbonyl (C=O) groups is 4. The van der Waals surface area contributed by atoms with Crippen molar-refractivity contribution in [2.75, 3.05) is 10.6 Å². The molecule has 0 bridgehead atoms.